The molecule has 140 valence electrons. The van der Waals surface area contributed by atoms with Crippen molar-refractivity contribution in [3.05, 3.63) is 71.4 Å². The zero-order valence-corrected chi connectivity index (χ0v) is 16.8. The second-order valence-electron chi connectivity index (χ2n) is 5.53. The van der Waals surface area contributed by atoms with E-state index in [-0.39, 0.29) is 0 Å². The lowest BCUT2D eigenvalue weighted by Crippen LogP contribution is -2.01. The van der Waals surface area contributed by atoms with Crippen LogP contribution in [0.2, 0.25) is 0 Å². The summed E-state index contributed by atoms with van der Waals surface area (Å²) in [4.78, 5) is 6.15. The van der Waals surface area contributed by atoms with Gasteiger partial charge >= 0.3 is 0 Å². The summed E-state index contributed by atoms with van der Waals surface area (Å²) in [5.41, 5.74) is 12.6. The Kier molecular flexibility index (Phi) is 7.66. The van der Waals surface area contributed by atoms with E-state index in [2.05, 4.69) is 20.9 Å². The number of thioether (sulfide) groups is 1. The standard InChI is InChI=1S/C18H19N5OS3/c19-17-7-8-21-11-18(17)25-12-13-3-1-4-14(9-13)22-24-26-16-6-2-5-15(10-16)23-27-20/h1-9,11,22H,10,12,20H2,(H2,19,21)/b23-15-. The van der Waals surface area contributed by atoms with Crippen LogP contribution in [0.5, 0.6) is 0 Å². The van der Waals surface area contributed by atoms with E-state index in [1.54, 1.807) is 24.2 Å². The molecule has 2 aromatic rings. The molecule has 0 fully saturated rings. The van der Waals surface area contributed by atoms with Gasteiger partial charge in [0.2, 0.25) is 0 Å². The second-order valence-corrected chi connectivity index (χ2v) is 7.80. The summed E-state index contributed by atoms with van der Waals surface area (Å²) in [6, 6.07) is 9.88. The second kappa shape index (κ2) is 10.4. The number of rotatable bonds is 8. The molecular weight excluding hydrogens is 398 g/mol. The molecule has 0 amide bonds. The van der Waals surface area contributed by atoms with Gasteiger partial charge in [-0.2, -0.15) is 4.28 Å². The Labute approximate surface area is 171 Å². The van der Waals surface area contributed by atoms with Gasteiger partial charge in [-0.25, -0.2) is 4.40 Å². The van der Waals surface area contributed by atoms with Crippen molar-refractivity contribution >= 4 is 53.0 Å². The van der Waals surface area contributed by atoms with Crippen LogP contribution in [0.1, 0.15) is 12.0 Å². The average molecular weight is 418 g/mol. The smallest absolute Gasteiger partial charge is 0.0619 e. The molecular formula is C18H19N5OS3. The van der Waals surface area contributed by atoms with Crippen LogP contribution in [0.15, 0.2) is 75.2 Å². The third kappa shape index (κ3) is 6.33. The van der Waals surface area contributed by atoms with Crippen molar-refractivity contribution in [3.63, 3.8) is 0 Å². The summed E-state index contributed by atoms with van der Waals surface area (Å²) in [6.07, 6.45) is 10.1. The molecule has 5 N–H and O–H groups in total. The van der Waals surface area contributed by atoms with Gasteiger partial charge in [0.15, 0.2) is 0 Å². The molecule has 0 saturated heterocycles. The number of allylic oxidation sites excluding steroid dienone is 4. The summed E-state index contributed by atoms with van der Waals surface area (Å²) < 4.78 is 9.70. The molecule has 0 spiro atoms. The number of nitrogen functional groups attached to an aromatic ring is 1. The molecule has 3 rings (SSSR count). The van der Waals surface area contributed by atoms with Gasteiger partial charge in [0.05, 0.1) is 35.6 Å². The Bertz CT molecular complexity index is 870. The van der Waals surface area contributed by atoms with Gasteiger partial charge in [0.25, 0.3) is 0 Å². The first-order chi connectivity index (χ1) is 13.2. The summed E-state index contributed by atoms with van der Waals surface area (Å²) >= 11 is 3.90. The van der Waals surface area contributed by atoms with Crippen molar-refractivity contribution in [1.29, 1.82) is 0 Å². The fraction of sp³-hybridized carbons (Fsp3) is 0.111. The van der Waals surface area contributed by atoms with Crippen molar-refractivity contribution in [3.8, 4) is 0 Å². The zero-order valence-electron chi connectivity index (χ0n) is 14.4. The molecule has 6 nitrogen and oxygen atoms in total. The van der Waals surface area contributed by atoms with Gasteiger partial charge in [-0.3, -0.25) is 15.6 Å². The summed E-state index contributed by atoms with van der Waals surface area (Å²) in [6.45, 7) is 0. The Hall–Kier alpha value is -1.91. The molecule has 0 aliphatic heterocycles. The maximum absolute atomic E-state index is 5.96. The van der Waals surface area contributed by atoms with E-state index >= 15 is 0 Å². The van der Waals surface area contributed by atoms with Crippen LogP contribution >= 0.6 is 35.9 Å². The highest BCUT2D eigenvalue weighted by Gasteiger charge is 2.08. The minimum atomic E-state index is 0.705. The number of nitrogens with zero attached hydrogens (tertiary/aromatic N) is 2. The number of anilines is 2. The molecule has 0 bridgehead atoms. The number of benzene rings is 1. The van der Waals surface area contributed by atoms with E-state index in [0.717, 1.165) is 50.3 Å². The topological polar surface area (TPSA) is 98.5 Å². The number of hydrogen-bond donors (Lipinski definition) is 3. The number of pyridine rings is 1. The molecule has 9 heteroatoms. The molecule has 27 heavy (non-hydrogen) atoms. The molecule has 0 atom stereocenters. The van der Waals surface area contributed by atoms with Crippen LogP contribution in [0.25, 0.3) is 0 Å². The highest BCUT2D eigenvalue weighted by atomic mass is 32.2. The van der Waals surface area contributed by atoms with Gasteiger partial charge in [-0.15, -0.1) is 11.8 Å². The number of nitrogens with one attached hydrogen (secondary N) is 1. The first-order valence-electron chi connectivity index (χ1n) is 8.05. The normalized spacial score (nSPS) is 15.0. The number of hydrogen-bond acceptors (Lipinski definition) is 9. The molecule has 1 aliphatic rings. The lowest BCUT2D eigenvalue weighted by molar-refractivity contribution is 0.480. The third-order valence-electron chi connectivity index (χ3n) is 3.54. The van der Waals surface area contributed by atoms with Crippen molar-refractivity contribution in [2.45, 2.75) is 17.1 Å². The predicted octanol–water partition coefficient (Wildman–Crippen LogP) is 4.75. The Balaban J connectivity index is 1.49. The van der Waals surface area contributed by atoms with Gasteiger partial charge in [0, 0.05) is 40.1 Å². The first kappa shape index (κ1) is 19.8. The zero-order chi connectivity index (χ0) is 18.9. The number of aromatic nitrogens is 1. The molecule has 0 radical (unpaired) electrons. The van der Waals surface area contributed by atoms with E-state index in [0.29, 0.717) is 6.42 Å². The summed E-state index contributed by atoms with van der Waals surface area (Å²) in [7, 11) is 0. The first-order valence-corrected chi connectivity index (χ1v) is 10.6. The van der Waals surface area contributed by atoms with E-state index < -0.39 is 0 Å². The minimum Gasteiger partial charge on any atom is -0.398 e. The molecule has 0 unspecified atom stereocenters. The Morgan fingerprint density at radius 1 is 1.30 bits per heavy atom. The van der Waals surface area contributed by atoms with Crippen LogP contribution in [0.3, 0.4) is 0 Å². The van der Waals surface area contributed by atoms with Crippen LogP contribution in [0, 0.1) is 0 Å². The van der Waals surface area contributed by atoms with E-state index in [9.17, 15) is 0 Å². The molecule has 1 aromatic heterocycles. The van der Waals surface area contributed by atoms with Crippen LogP contribution in [-0.4, -0.2) is 10.7 Å². The van der Waals surface area contributed by atoms with Crippen LogP contribution in [0.4, 0.5) is 11.4 Å². The van der Waals surface area contributed by atoms with E-state index in [1.165, 1.54) is 12.0 Å². The van der Waals surface area contributed by atoms with Crippen molar-refractivity contribution in [1.82, 2.24) is 4.98 Å². The van der Waals surface area contributed by atoms with Crippen LogP contribution in [-0.2, 0) is 10.0 Å². The molecule has 1 aromatic carbocycles. The van der Waals surface area contributed by atoms with Crippen molar-refractivity contribution in [2.24, 2.45) is 9.54 Å². The molecule has 1 heterocycles. The summed E-state index contributed by atoms with van der Waals surface area (Å²) in [5, 5.41) is 5.38. The quantitative estimate of drug-likeness (QED) is 0.245. The van der Waals surface area contributed by atoms with Gasteiger partial charge in [-0.1, -0.05) is 18.2 Å². The number of nitrogens with two attached hydrogens (primary N) is 2. The highest BCUT2D eigenvalue weighted by Crippen LogP contribution is 2.29. The third-order valence-corrected chi connectivity index (χ3v) is 5.67. The predicted molar refractivity (Wildman–Crippen MR) is 118 cm³/mol. The lowest BCUT2D eigenvalue weighted by Gasteiger charge is -2.11. The fourth-order valence-electron chi connectivity index (χ4n) is 2.27. The van der Waals surface area contributed by atoms with Gasteiger partial charge < -0.3 is 5.73 Å². The maximum Gasteiger partial charge on any atom is 0.0619 e. The van der Waals surface area contributed by atoms with Crippen LogP contribution < -0.4 is 16.4 Å². The van der Waals surface area contributed by atoms with Gasteiger partial charge in [-0.05, 0) is 35.9 Å². The van der Waals surface area contributed by atoms with Crippen molar-refractivity contribution in [2.75, 3.05) is 11.2 Å². The summed E-state index contributed by atoms with van der Waals surface area (Å²) in [5.74, 6) is 0.797. The monoisotopic (exact) mass is 417 g/mol. The van der Waals surface area contributed by atoms with Gasteiger partial charge in [0.1, 0.15) is 0 Å². The fourth-order valence-corrected chi connectivity index (χ4v) is 3.99. The lowest BCUT2D eigenvalue weighted by atomic mass is 10.2. The minimum absolute atomic E-state index is 0.705. The van der Waals surface area contributed by atoms with Crippen molar-refractivity contribution < 1.29 is 4.28 Å². The maximum atomic E-state index is 5.96. The highest BCUT2D eigenvalue weighted by molar-refractivity contribution is 7.99. The molecule has 0 saturated carbocycles. The largest absolute Gasteiger partial charge is 0.398 e. The SMILES string of the molecule is NS/N=C1/C=CC=C(SONc2cccc(CSc3cnccc3N)c2)C1. The molecule has 1 aliphatic carbocycles. The van der Waals surface area contributed by atoms with E-state index in [1.807, 2.05) is 42.5 Å². The Morgan fingerprint density at radius 2 is 2.22 bits per heavy atom. The Morgan fingerprint density at radius 3 is 3.07 bits per heavy atom. The van der Waals surface area contributed by atoms with E-state index in [4.69, 9.17) is 15.2 Å². The average Bonchev–Trinajstić information content (AvgIpc) is 2.68.